The molecule has 0 aromatic heterocycles. The molecule has 0 amide bonds. The van der Waals surface area contributed by atoms with E-state index in [0.29, 0.717) is 25.7 Å². The maximum absolute atomic E-state index is 5.73. The van der Waals surface area contributed by atoms with Gasteiger partial charge in [0.25, 0.3) is 0 Å². The van der Waals surface area contributed by atoms with Gasteiger partial charge in [0, 0.05) is 16.8 Å². The van der Waals surface area contributed by atoms with Crippen LogP contribution in [0.25, 0.3) is 0 Å². The monoisotopic (exact) mass is 301 g/mol. The van der Waals surface area contributed by atoms with Crippen LogP contribution in [0.3, 0.4) is 0 Å². The molecule has 0 aliphatic carbocycles. The van der Waals surface area contributed by atoms with Crippen molar-refractivity contribution in [3.8, 4) is 0 Å². The van der Waals surface area contributed by atoms with Crippen molar-refractivity contribution in [3.05, 3.63) is 28.2 Å². The molecule has 96 valence electrons. The zero-order valence-electron chi connectivity index (χ0n) is 10.4. The molecule has 3 nitrogen and oxygen atoms in total. The van der Waals surface area contributed by atoms with Crippen LogP contribution in [-0.2, 0) is 16.1 Å². The van der Waals surface area contributed by atoms with E-state index < -0.39 is 0 Å². The Bertz CT molecular complexity index is 322. The maximum Gasteiger partial charge on any atom is 0.0719 e. The standard InChI is InChI=1S/C13H20BrNO2/c1-10(2)8-16-3-4-17-9-11-5-12(14)7-13(15)6-11/h5-7,10H,3-4,8-9,15H2,1-2H3. The zero-order valence-corrected chi connectivity index (χ0v) is 12.0. The average molecular weight is 302 g/mol. The fraction of sp³-hybridized carbons (Fsp3) is 0.538. The lowest BCUT2D eigenvalue weighted by Crippen LogP contribution is -2.08. The first-order valence-electron chi connectivity index (χ1n) is 5.78. The summed E-state index contributed by atoms with van der Waals surface area (Å²) >= 11 is 3.40. The van der Waals surface area contributed by atoms with Crippen LogP contribution >= 0.6 is 15.9 Å². The second-order valence-corrected chi connectivity index (χ2v) is 5.33. The van der Waals surface area contributed by atoms with Gasteiger partial charge in [-0.3, -0.25) is 0 Å². The Hall–Kier alpha value is -0.580. The zero-order chi connectivity index (χ0) is 12.7. The molecule has 0 aliphatic heterocycles. The van der Waals surface area contributed by atoms with Crippen LogP contribution in [0.15, 0.2) is 22.7 Å². The number of anilines is 1. The summed E-state index contributed by atoms with van der Waals surface area (Å²) in [6, 6.07) is 5.79. The highest BCUT2D eigenvalue weighted by Crippen LogP contribution is 2.17. The van der Waals surface area contributed by atoms with Gasteiger partial charge < -0.3 is 15.2 Å². The highest BCUT2D eigenvalue weighted by Gasteiger charge is 1.98. The molecule has 4 heteroatoms. The predicted octanol–water partition coefficient (Wildman–Crippen LogP) is 3.22. The van der Waals surface area contributed by atoms with Crippen molar-refractivity contribution in [2.75, 3.05) is 25.6 Å². The first-order valence-corrected chi connectivity index (χ1v) is 6.57. The van der Waals surface area contributed by atoms with Crippen LogP contribution in [0.2, 0.25) is 0 Å². The van der Waals surface area contributed by atoms with Crippen LogP contribution in [-0.4, -0.2) is 19.8 Å². The molecule has 1 rings (SSSR count). The molecular weight excluding hydrogens is 282 g/mol. The first kappa shape index (κ1) is 14.5. The molecule has 0 atom stereocenters. The lowest BCUT2D eigenvalue weighted by atomic mass is 10.2. The molecule has 0 saturated carbocycles. The molecule has 0 heterocycles. The van der Waals surface area contributed by atoms with Crippen LogP contribution in [0, 0.1) is 5.92 Å². The van der Waals surface area contributed by atoms with Crippen molar-refractivity contribution in [3.63, 3.8) is 0 Å². The molecule has 1 aromatic carbocycles. The molecule has 0 fully saturated rings. The van der Waals surface area contributed by atoms with Crippen LogP contribution in [0.1, 0.15) is 19.4 Å². The summed E-state index contributed by atoms with van der Waals surface area (Å²) in [5.74, 6) is 0.569. The quantitative estimate of drug-likeness (QED) is 0.621. The average Bonchev–Trinajstić information content (AvgIpc) is 2.21. The number of rotatable bonds is 7. The summed E-state index contributed by atoms with van der Waals surface area (Å²) in [6.07, 6.45) is 0. The van der Waals surface area contributed by atoms with Gasteiger partial charge in [0.2, 0.25) is 0 Å². The highest BCUT2D eigenvalue weighted by atomic mass is 79.9. The molecule has 0 radical (unpaired) electrons. The number of ether oxygens (including phenoxy) is 2. The number of halogens is 1. The Morgan fingerprint density at radius 1 is 1.18 bits per heavy atom. The molecule has 0 bridgehead atoms. The van der Waals surface area contributed by atoms with Gasteiger partial charge in [0.1, 0.15) is 0 Å². The third-order valence-corrected chi connectivity index (χ3v) is 2.53. The minimum atomic E-state index is 0.564. The van der Waals surface area contributed by atoms with E-state index in [4.69, 9.17) is 15.2 Å². The predicted molar refractivity (Wildman–Crippen MR) is 73.9 cm³/mol. The van der Waals surface area contributed by atoms with Crippen molar-refractivity contribution < 1.29 is 9.47 Å². The largest absolute Gasteiger partial charge is 0.399 e. The molecule has 1 aromatic rings. The molecular formula is C13H20BrNO2. The summed E-state index contributed by atoms with van der Waals surface area (Å²) in [4.78, 5) is 0. The molecule has 2 N–H and O–H groups in total. The number of nitrogen functional groups attached to an aromatic ring is 1. The fourth-order valence-electron chi connectivity index (χ4n) is 1.39. The second kappa shape index (κ2) is 7.69. The van der Waals surface area contributed by atoms with Gasteiger partial charge in [-0.05, 0) is 29.7 Å². The summed E-state index contributed by atoms with van der Waals surface area (Å²) < 4.78 is 11.9. The molecule has 0 spiro atoms. The maximum atomic E-state index is 5.73. The summed E-state index contributed by atoms with van der Waals surface area (Å²) in [5.41, 5.74) is 7.55. The van der Waals surface area contributed by atoms with Crippen LogP contribution < -0.4 is 5.73 Å². The number of benzene rings is 1. The lowest BCUT2D eigenvalue weighted by molar-refractivity contribution is 0.0314. The van der Waals surface area contributed by atoms with Gasteiger partial charge in [-0.1, -0.05) is 29.8 Å². The summed E-state index contributed by atoms with van der Waals surface area (Å²) in [6.45, 7) is 6.86. The number of nitrogens with two attached hydrogens (primary N) is 1. The first-order chi connectivity index (χ1) is 8.08. The van der Waals surface area contributed by atoms with Gasteiger partial charge in [-0.15, -0.1) is 0 Å². The summed E-state index contributed by atoms with van der Waals surface area (Å²) in [5, 5.41) is 0. The molecule has 0 aliphatic rings. The van der Waals surface area contributed by atoms with Gasteiger partial charge in [0.15, 0.2) is 0 Å². The lowest BCUT2D eigenvalue weighted by Gasteiger charge is -2.08. The Morgan fingerprint density at radius 2 is 1.88 bits per heavy atom. The van der Waals surface area contributed by atoms with E-state index >= 15 is 0 Å². The van der Waals surface area contributed by atoms with Gasteiger partial charge in [-0.25, -0.2) is 0 Å². The Morgan fingerprint density at radius 3 is 2.53 bits per heavy atom. The van der Waals surface area contributed by atoms with Crippen LogP contribution in [0.5, 0.6) is 0 Å². The smallest absolute Gasteiger partial charge is 0.0719 e. The molecule has 17 heavy (non-hydrogen) atoms. The van der Waals surface area contributed by atoms with E-state index in [9.17, 15) is 0 Å². The fourth-order valence-corrected chi connectivity index (χ4v) is 1.94. The number of hydrogen-bond acceptors (Lipinski definition) is 3. The van der Waals surface area contributed by atoms with Gasteiger partial charge in [0.05, 0.1) is 19.8 Å². The van der Waals surface area contributed by atoms with Crippen molar-refractivity contribution in [2.45, 2.75) is 20.5 Å². The van der Waals surface area contributed by atoms with Crippen molar-refractivity contribution in [1.82, 2.24) is 0 Å². The molecule has 0 saturated heterocycles. The van der Waals surface area contributed by atoms with E-state index in [1.807, 2.05) is 18.2 Å². The summed E-state index contributed by atoms with van der Waals surface area (Å²) in [7, 11) is 0. The van der Waals surface area contributed by atoms with Crippen molar-refractivity contribution in [1.29, 1.82) is 0 Å². The van der Waals surface area contributed by atoms with E-state index in [1.165, 1.54) is 0 Å². The minimum Gasteiger partial charge on any atom is -0.399 e. The Kier molecular flexibility index (Phi) is 6.55. The van der Waals surface area contributed by atoms with Crippen molar-refractivity contribution >= 4 is 21.6 Å². The van der Waals surface area contributed by atoms with E-state index in [2.05, 4.69) is 29.8 Å². The van der Waals surface area contributed by atoms with Crippen molar-refractivity contribution in [2.24, 2.45) is 5.92 Å². The van der Waals surface area contributed by atoms with E-state index in [0.717, 1.165) is 22.3 Å². The Labute approximate surface area is 111 Å². The number of hydrogen-bond donors (Lipinski definition) is 1. The SMILES string of the molecule is CC(C)COCCOCc1cc(N)cc(Br)c1. The Balaban J connectivity index is 2.18. The third-order valence-electron chi connectivity index (χ3n) is 2.07. The normalized spacial score (nSPS) is 11.1. The van der Waals surface area contributed by atoms with Gasteiger partial charge in [-0.2, -0.15) is 0 Å². The second-order valence-electron chi connectivity index (χ2n) is 4.41. The highest BCUT2D eigenvalue weighted by molar-refractivity contribution is 9.10. The van der Waals surface area contributed by atoms with Crippen LogP contribution in [0.4, 0.5) is 5.69 Å². The van der Waals surface area contributed by atoms with Gasteiger partial charge >= 0.3 is 0 Å². The topological polar surface area (TPSA) is 44.5 Å². The minimum absolute atomic E-state index is 0.564. The van der Waals surface area contributed by atoms with E-state index in [1.54, 1.807) is 0 Å². The third kappa shape index (κ3) is 6.66. The van der Waals surface area contributed by atoms with E-state index in [-0.39, 0.29) is 0 Å². The molecule has 0 unspecified atom stereocenters.